The van der Waals surface area contributed by atoms with Gasteiger partial charge in [-0.2, -0.15) is 0 Å². The van der Waals surface area contributed by atoms with Gasteiger partial charge in [-0.1, -0.05) is 24.3 Å². The van der Waals surface area contributed by atoms with Crippen LogP contribution in [0.4, 0.5) is 0 Å². The number of amides is 1. The van der Waals surface area contributed by atoms with Crippen LogP contribution >= 0.6 is 0 Å². The molecule has 1 atom stereocenters. The minimum Gasteiger partial charge on any atom is -0.481 e. The molecule has 0 aliphatic rings. The minimum absolute atomic E-state index is 0.136. The maximum Gasteiger partial charge on any atom is 0.305 e. The van der Waals surface area contributed by atoms with E-state index in [0.29, 0.717) is 6.61 Å². The third-order valence-corrected chi connectivity index (χ3v) is 2.45. The molecule has 1 rings (SSSR count). The average Bonchev–Trinajstić information content (AvgIpc) is 2.28. The van der Waals surface area contributed by atoms with E-state index in [2.05, 4.69) is 5.32 Å². The number of carbonyl (C=O) groups excluding carboxylic acids is 1. The lowest BCUT2D eigenvalue weighted by Crippen LogP contribution is -2.27. The number of ether oxygens (including phenoxy) is 1. The molecule has 0 spiro atoms. The number of carboxylic acid groups (broad SMARTS) is 1. The van der Waals surface area contributed by atoms with Crippen molar-refractivity contribution in [3.8, 4) is 0 Å². The van der Waals surface area contributed by atoms with Crippen LogP contribution in [-0.2, 0) is 20.9 Å². The van der Waals surface area contributed by atoms with Gasteiger partial charge in [0.1, 0.15) is 0 Å². The number of hydrogen-bond donors (Lipinski definition) is 2. The summed E-state index contributed by atoms with van der Waals surface area (Å²) < 4.78 is 4.99. The molecule has 2 N–H and O–H groups in total. The molecule has 0 heterocycles. The lowest BCUT2D eigenvalue weighted by molar-refractivity contribution is -0.137. The van der Waals surface area contributed by atoms with Crippen molar-refractivity contribution in [2.24, 2.45) is 0 Å². The Morgan fingerprint density at radius 3 is 2.39 bits per heavy atom. The second-order valence-electron chi connectivity index (χ2n) is 4.03. The first-order valence-corrected chi connectivity index (χ1v) is 5.59. The molecule has 0 saturated carbocycles. The first kappa shape index (κ1) is 14.2. The van der Waals surface area contributed by atoms with E-state index >= 15 is 0 Å². The molecule has 1 unspecified atom stereocenters. The van der Waals surface area contributed by atoms with Gasteiger partial charge in [-0.3, -0.25) is 9.59 Å². The van der Waals surface area contributed by atoms with Gasteiger partial charge in [-0.05, 0) is 11.1 Å². The van der Waals surface area contributed by atoms with Crippen LogP contribution in [0.1, 0.15) is 30.5 Å². The molecule has 1 aromatic rings. The predicted octanol–water partition coefficient (Wildman–Crippen LogP) is 1.48. The molecule has 1 aromatic carbocycles. The summed E-state index contributed by atoms with van der Waals surface area (Å²) in [4.78, 5) is 21.8. The van der Waals surface area contributed by atoms with Crippen molar-refractivity contribution >= 4 is 11.9 Å². The molecule has 0 fully saturated rings. The first-order chi connectivity index (χ1) is 8.52. The maximum atomic E-state index is 11.1. The van der Waals surface area contributed by atoms with Crippen LogP contribution in [0.2, 0.25) is 0 Å². The molecule has 1 amide bonds. The predicted molar refractivity (Wildman–Crippen MR) is 66.0 cm³/mol. The molecule has 0 radical (unpaired) electrons. The molecular formula is C13H17NO4. The van der Waals surface area contributed by atoms with E-state index in [9.17, 15) is 9.59 Å². The van der Waals surface area contributed by atoms with Crippen LogP contribution in [0.15, 0.2) is 24.3 Å². The van der Waals surface area contributed by atoms with E-state index in [1.807, 2.05) is 12.1 Å². The summed E-state index contributed by atoms with van der Waals surface area (Å²) in [5.74, 6) is -1.20. The van der Waals surface area contributed by atoms with E-state index in [4.69, 9.17) is 9.84 Å². The lowest BCUT2D eigenvalue weighted by Gasteiger charge is -2.16. The summed E-state index contributed by atoms with van der Waals surface area (Å²) >= 11 is 0. The minimum atomic E-state index is -0.949. The van der Waals surface area contributed by atoms with Crippen molar-refractivity contribution in [2.45, 2.75) is 26.0 Å². The van der Waals surface area contributed by atoms with Crippen molar-refractivity contribution in [3.05, 3.63) is 35.4 Å². The second-order valence-corrected chi connectivity index (χ2v) is 4.03. The number of hydrogen-bond acceptors (Lipinski definition) is 3. The number of nitrogens with one attached hydrogen (secondary N) is 1. The fraction of sp³-hybridized carbons (Fsp3) is 0.385. The Hall–Kier alpha value is -1.88. The first-order valence-electron chi connectivity index (χ1n) is 5.59. The Kier molecular flexibility index (Phi) is 5.32. The standard InChI is InChI=1S/C13H17NO4/c1-9(15)14-12(7-13(16)17)11-5-3-10(4-6-11)8-18-2/h3-6,12H,7-8H2,1-2H3,(H,14,15)(H,16,17). The molecule has 0 saturated heterocycles. The topological polar surface area (TPSA) is 75.6 Å². The Morgan fingerprint density at radius 2 is 1.94 bits per heavy atom. The summed E-state index contributed by atoms with van der Waals surface area (Å²) in [5.41, 5.74) is 1.77. The zero-order valence-electron chi connectivity index (χ0n) is 10.5. The third-order valence-electron chi connectivity index (χ3n) is 2.45. The Labute approximate surface area is 106 Å². The van der Waals surface area contributed by atoms with Crippen molar-refractivity contribution in [1.82, 2.24) is 5.32 Å². The maximum absolute atomic E-state index is 11.1. The highest BCUT2D eigenvalue weighted by atomic mass is 16.5. The van der Waals surface area contributed by atoms with Gasteiger partial charge in [-0.15, -0.1) is 0 Å². The van der Waals surface area contributed by atoms with Crippen LogP contribution in [0.25, 0.3) is 0 Å². The van der Waals surface area contributed by atoms with E-state index in [0.717, 1.165) is 11.1 Å². The van der Waals surface area contributed by atoms with E-state index < -0.39 is 12.0 Å². The zero-order valence-corrected chi connectivity index (χ0v) is 10.5. The fourth-order valence-corrected chi connectivity index (χ4v) is 1.69. The van der Waals surface area contributed by atoms with Gasteiger partial charge in [0, 0.05) is 14.0 Å². The SMILES string of the molecule is COCc1ccc(C(CC(=O)O)NC(C)=O)cc1. The Balaban J connectivity index is 2.83. The molecule has 0 bridgehead atoms. The molecule has 0 aliphatic heterocycles. The number of methoxy groups -OCH3 is 1. The smallest absolute Gasteiger partial charge is 0.305 e. The zero-order chi connectivity index (χ0) is 13.5. The van der Waals surface area contributed by atoms with Gasteiger partial charge in [0.15, 0.2) is 0 Å². The van der Waals surface area contributed by atoms with Gasteiger partial charge in [0.2, 0.25) is 5.91 Å². The van der Waals surface area contributed by atoms with Crippen LogP contribution < -0.4 is 5.32 Å². The summed E-state index contributed by atoms with van der Waals surface area (Å²) in [5, 5.41) is 11.5. The van der Waals surface area contributed by atoms with Gasteiger partial charge >= 0.3 is 5.97 Å². The van der Waals surface area contributed by atoms with Crippen molar-refractivity contribution in [1.29, 1.82) is 0 Å². The largest absolute Gasteiger partial charge is 0.481 e. The van der Waals surface area contributed by atoms with Crippen molar-refractivity contribution in [2.75, 3.05) is 7.11 Å². The fourth-order valence-electron chi connectivity index (χ4n) is 1.69. The van der Waals surface area contributed by atoms with Gasteiger partial charge in [-0.25, -0.2) is 0 Å². The highest BCUT2D eigenvalue weighted by Gasteiger charge is 2.16. The molecule has 5 nitrogen and oxygen atoms in total. The number of carbonyl (C=O) groups is 2. The number of carboxylic acids is 1. The summed E-state index contributed by atoms with van der Waals surface area (Å²) in [6.07, 6.45) is -0.136. The molecule has 0 aliphatic carbocycles. The van der Waals surface area contributed by atoms with Crippen LogP contribution in [0.5, 0.6) is 0 Å². The monoisotopic (exact) mass is 251 g/mol. The van der Waals surface area contributed by atoms with E-state index in [1.165, 1.54) is 6.92 Å². The molecule has 98 valence electrons. The Bertz CT molecular complexity index is 398. The van der Waals surface area contributed by atoms with Crippen LogP contribution in [0, 0.1) is 0 Å². The van der Waals surface area contributed by atoms with Gasteiger partial charge in [0.25, 0.3) is 0 Å². The van der Waals surface area contributed by atoms with E-state index in [-0.39, 0.29) is 12.3 Å². The summed E-state index contributed by atoms with van der Waals surface area (Å²) in [6.45, 7) is 1.87. The summed E-state index contributed by atoms with van der Waals surface area (Å²) in [6, 6.07) is 6.82. The van der Waals surface area contributed by atoms with E-state index in [1.54, 1.807) is 19.2 Å². The molecule has 5 heteroatoms. The van der Waals surface area contributed by atoms with Crippen LogP contribution in [0.3, 0.4) is 0 Å². The second kappa shape index (κ2) is 6.76. The molecule has 18 heavy (non-hydrogen) atoms. The Morgan fingerprint density at radius 1 is 1.33 bits per heavy atom. The lowest BCUT2D eigenvalue weighted by atomic mass is 10.0. The molecule has 0 aromatic heterocycles. The quantitative estimate of drug-likeness (QED) is 0.803. The van der Waals surface area contributed by atoms with Crippen molar-refractivity contribution < 1.29 is 19.4 Å². The molecular weight excluding hydrogens is 234 g/mol. The highest BCUT2D eigenvalue weighted by molar-refractivity contribution is 5.75. The summed E-state index contributed by atoms with van der Waals surface area (Å²) in [7, 11) is 1.61. The van der Waals surface area contributed by atoms with Gasteiger partial charge in [0.05, 0.1) is 19.1 Å². The van der Waals surface area contributed by atoms with Gasteiger partial charge < -0.3 is 15.2 Å². The number of benzene rings is 1. The average molecular weight is 251 g/mol. The third kappa shape index (κ3) is 4.55. The number of rotatable bonds is 6. The number of aliphatic carboxylic acids is 1. The highest BCUT2D eigenvalue weighted by Crippen LogP contribution is 2.18. The van der Waals surface area contributed by atoms with Crippen LogP contribution in [-0.4, -0.2) is 24.1 Å². The normalized spacial score (nSPS) is 11.9. The van der Waals surface area contributed by atoms with Crippen molar-refractivity contribution in [3.63, 3.8) is 0 Å².